The van der Waals surface area contributed by atoms with Crippen LogP contribution >= 0.6 is 0 Å². The van der Waals surface area contributed by atoms with Crippen LogP contribution in [0.15, 0.2) is 249 Å². The molecule has 0 saturated heterocycles. The molecule has 3 heteroatoms. The van der Waals surface area contributed by atoms with E-state index in [1.807, 2.05) is 0 Å². The molecule has 312 valence electrons. The van der Waals surface area contributed by atoms with Gasteiger partial charge in [-0.05, 0) is 134 Å². The minimum absolute atomic E-state index is 1.11. The van der Waals surface area contributed by atoms with Crippen LogP contribution in [-0.4, -0.2) is 9.13 Å². The lowest BCUT2D eigenvalue weighted by molar-refractivity contribution is 1.17. The molecule has 2 aromatic heterocycles. The zero-order chi connectivity index (χ0) is 44.0. The van der Waals surface area contributed by atoms with Gasteiger partial charge in [0.25, 0.3) is 0 Å². The van der Waals surface area contributed by atoms with Crippen LogP contribution in [0.5, 0.6) is 0 Å². The number of para-hydroxylation sites is 3. The lowest BCUT2D eigenvalue weighted by Crippen LogP contribution is -2.10. The highest BCUT2D eigenvalue weighted by molar-refractivity contribution is 6.26. The molecule has 0 amide bonds. The van der Waals surface area contributed by atoms with E-state index in [0.717, 1.165) is 28.4 Å². The first-order valence-corrected chi connectivity index (χ1v) is 23.1. The summed E-state index contributed by atoms with van der Waals surface area (Å²) in [6.45, 7) is 0. The second-order valence-corrected chi connectivity index (χ2v) is 17.7. The standard InChI is InChI=1S/C64H41N3/c1-2-17-45(18-3-1)65(60-28-14-16-43-15-4-5-19-49(43)60)46-32-29-42(30-33-46)44-31-37-63-58(39-44)59-41-48(66-61-26-12-10-24-55(61)56-25-11-13-27-62(56)66)35-38-64(59)67(63)47-34-36-54-52-22-7-6-20-50(52)51-21-8-9-23-53(51)57(54)40-47/h1-41H. The van der Waals surface area contributed by atoms with E-state index in [4.69, 9.17) is 0 Å². The van der Waals surface area contributed by atoms with Crippen LogP contribution in [0.2, 0.25) is 0 Å². The van der Waals surface area contributed by atoms with Crippen molar-refractivity contribution in [3.05, 3.63) is 249 Å². The summed E-state index contributed by atoms with van der Waals surface area (Å²) in [6, 6.07) is 91.3. The molecule has 0 atom stereocenters. The molecule has 12 aromatic carbocycles. The fourth-order valence-electron chi connectivity index (χ4n) is 11.1. The molecule has 2 heterocycles. The number of anilines is 3. The zero-order valence-electron chi connectivity index (χ0n) is 36.5. The lowest BCUT2D eigenvalue weighted by Gasteiger charge is -2.27. The maximum atomic E-state index is 2.47. The number of benzene rings is 12. The summed E-state index contributed by atoms with van der Waals surface area (Å²) >= 11 is 0. The molecule has 0 bridgehead atoms. The summed E-state index contributed by atoms with van der Waals surface area (Å²) in [5, 5.41) is 15.0. The van der Waals surface area contributed by atoms with Gasteiger partial charge < -0.3 is 14.0 Å². The normalized spacial score (nSPS) is 11.9. The third-order valence-corrected chi connectivity index (χ3v) is 14.1. The van der Waals surface area contributed by atoms with E-state index in [-0.39, 0.29) is 0 Å². The van der Waals surface area contributed by atoms with E-state index < -0.39 is 0 Å². The first-order chi connectivity index (χ1) is 33.2. The molecule has 14 aromatic rings. The summed E-state index contributed by atoms with van der Waals surface area (Å²) in [5.74, 6) is 0. The van der Waals surface area contributed by atoms with Gasteiger partial charge in [-0.25, -0.2) is 0 Å². The minimum atomic E-state index is 1.11. The monoisotopic (exact) mass is 851 g/mol. The minimum Gasteiger partial charge on any atom is -0.310 e. The van der Waals surface area contributed by atoms with Crippen LogP contribution in [0.3, 0.4) is 0 Å². The van der Waals surface area contributed by atoms with Gasteiger partial charge >= 0.3 is 0 Å². The molecule has 0 saturated carbocycles. The van der Waals surface area contributed by atoms with E-state index in [9.17, 15) is 0 Å². The second-order valence-electron chi connectivity index (χ2n) is 17.7. The Hall–Kier alpha value is -8.92. The number of rotatable bonds is 6. The van der Waals surface area contributed by atoms with Crippen LogP contribution in [0.1, 0.15) is 0 Å². The Balaban J connectivity index is 0.973. The molecule has 3 nitrogen and oxygen atoms in total. The Labute approximate surface area is 387 Å². The second kappa shape index (κ2) is 14.8. The van der Waals surface area contributed by atoms with Gasteiger partial charge in [0, 0.05) is 49.7 Å². The number of fused-ring (bicyclic) bond motifs is 13. The maximum absolute atomic E-state index is 2.47. The van der Waals surface area contributed by atoms with Gasteiger partial charge in [0.1, 0.15) is 0 Å². The van der Waals surface area contributed by atoms with Crippen molar-refractivity contribution in [1.82, 2.24) is 9.13 Å². The third kappa shape index (κ3) is 5.78. The molecule has 0 aliphatic carbocycles. The molecule has 0 unspecified atom stereocenters. The van der Waals surface area contributed by atoms with E-state index in [1.165, 1.54) is 97.8 Å². The maximum Gasteiger partial charge on any atom is 0.0542 e. The summed E-state index contributed by atoms with van der Waals surface area (Å²) in [7, 11) is 0. The van der Waals surface area contributed by atoms with Gasteiger partial charge in [-0.2, -0.15) is 0 Å². The SMILES string of the molecule is c1ccc(N(c2ccc(-c3ccc4c(c3)c3cc(-n5c6ccccc6c6ccccc65)ccc3n4-c3ccc4c5ccccc5c5ccccc5c4c3)cc2)c2cccc3ccccc23)cc1. The highest BCUT2D eigenvalue weighted by atomic mass is 15.1. The predicted molar refractivity (Wildman–Crippen MR) is 285 cm³/mol. The van der Waals surface area contributed by atoms with Gasteiger partial charge in [0.2, 0.25) is 0 Å². The average molecular weight is 852 g/mol. The first-order valence-electron chi connectivity index (χ1n) is 23.1. The molecule has 0 N–H and O–H groups in total. The highest BCUT2D eigenvalue weighted by Gasteiger charge is 2.20. The van der Waals surface area contributed by atoms with Crippen molar-refractivity contribution in [2.45, 2.75) is 0 Å². The van der Waals surface area contributed by atoms with Crippen molar-refractivity contribution in [3.8, 4) is 22.5 Å². The van der Waals surface area contributed by atoms with Gasteiger partial charge in [0.05, 0.1) is 27.8 Å². The predicted octanol–water partition coefficient (Wildman–Crippen LogP) is 17.6. The Kier molecular flexibility index (Phi) is 8.28. The Morgan fingerprint density at radius 3 is 1.33 bits per heavy atom. The topological polar surface area (TPSA) is 13.1 Å². The van der Waals surface area contributed by atoms with E-state index in [2.05, 4.69) is 263 Å². The van der Waals surface area contributed by atoms with Crippen LogP contribution in [-0.2, 0) is 0 Å². The largest absolute Gasteiger partial charge is 0.310 e. The number of hydrogen-bond donors (Lipinski definition) is 0. The first kappa shape index (κ1) is 37.5. The Morgan fingerprint density at radius 1 is 0.239 bits per heavy atom. The zero-order valence-corrected chi connectivity index (χ0v) is 36.5. The molecular formula is C64H41N3. The number of aromatic nitrogens is 2. The molecule has 0 aliphatic heterocycles. The van der Waals surface area contributed by atoms with Crippen LogP contribution in [0.4, 0.5) is 17.1 Å². The molecule has 0 aliphatic rings. The van der Waals surface area contributed by atoms with Crippen molar-refractivity contribution in [1.29, 1.82) is 0 Å². The van der Waals surface area contributed by atoms with Gasteiger partial charge in [0.15, 0.2) is 0 Å². The molecular weight excluding hydrogens is 811 g/mol. The Bertz CT molecular complexity index is 4180. The highest BCUT2D eigenvalue weighted by Crippen LogP contribution is 2.43. The van der Waals surface area contributed by atoms with Crippen molar-refractivity contribution in [3.63, 3.8) is 0 Å². The van der Waals surface area contributed by atoms with E-state index >= 15 is 0 Å². The molecule has 0 radical (unpaired) electrons. The fourth-order valence-corrected chi connectivity index (χ4v) is 11.1. The summed E-state index contributed by atoms with van der Waals surface area (Å²) in [6.07, 6.45) is 0. The third-order valence-electron chi connectivity index (χ3n) is 14.1. The molecule has 0 spiro atoms. The smallest absolute Gasteiger partial charge is 0.0542 e. The van der Waals surface area contributed by atoms with E-state index in [0.29, 0.717) is 0 Å². The van der Waals surface area contributed by atoms with Crippen LogP contribution in [0, 0.1) is 0 Å². The molecule has 67 heavy (non-hydrogen) atoms. The average Bonchev–Trinajstić information content (AvgIpc) is 3.91. The van der Waals surface area contributed by atoms with E-state index in [1.54, 1.807) is 0 Å². The van der Waals surface area contributed by atoms with Gasteiger partial charge in [-0.1, -0.05) is 164 Å². The van der Waals surface area contributed by atoms with Crippen molar-refractivity contribution < 1.29 is 0 Å². The number of nitrogens with zero attached hydrogens (tertiary/aromatic N) is 3. The van der Waals surface area contributed by atoms with Crippen LogP contribution < -0.4 is 4.90 Å². The van der Waals surface area contributed by atoms with Crippen molar-refractivity contribution in [2.75, 3.05) is 4.90 Å². The van der Waals surface area contributed by atoms with Crippen LogP contribution in [0.25, 0.3) is 109 Å². The summed E-state index contributed by atoms with van der Waals surface area (Å²) in [5.41, 5.74) is 12.8. The molecule has 14 rings (SSSR count). The summed E-state index contributed by atoms with van der Waals surface area (Å²) < 4.78 is 4.90. The van der Waals surface area contributed by atoms with Gasteiger partial charge in [-0.3, -0.25) is 0 Å². The van der Waals surface area contributed by atoms with Crippen molar-refractivity contribution in [2.24, 2.45) is 0 Å². The quantitative estimate of drug-likeness (QED) is 0.152. The molecule has 0 fully saturated rings. The Morgan fingerprint density at radius 2 is 0.672 bits per heavy atom. The van der Waals surface area contributed by atoms with Crippen molar-refractivity contribution >= 4 is 104 Å². The fraction of sp³-hybridized carbons (Fsp3) is 0. The lowest BCUT2D eigenvalue weighted by atomic mass is 9.94. The number of hydrogen-bond acceptors (Lipinski definition) is 1. The summed E-state index contributed by atoms with van der Waals surface area (Å²) in [4.78, 5) is 2.37. The van der Waals surface area contributed by atoms with Gasteiger partial charge in [-0.15, -0.1) is 0 Å².